The molecule has 2 amide bonds. The monoisotopic (exact) mass is 497 g/mol. The molecule has 37 heavy (non-hydrogen) atoms. The van der Waals surface area contributed by atoms with Gasteiger partial charge in [-0.25, -0.2) is 0 Å². The summed E-state index contributed by atoms with van der Waals surface area (Å²) < 4.78 is 16.2. The Labute approximate surface area is 214 Å². The maximum absolute atomic E-state index is 13.5. The zero-order valence-corrected chi connectivity index (χ0v) is 20.6. The van der Waals surface area contributed by atoms with Crippen LogP contribution < -0.4 is 14.8 Å². The molecule has 4 aromatic rings. The van der Waals surface area contributed by atoms with Crippen molar-refractivity contribution >= 4 is 11.8 Å². The molecule has 3 aromatic carbocycles. The van der Waals surface area contributed by atoms with Crippen molar-refractivity contribution in [3.8, 4) is 11.5 Å². The van der Waals surface area contributed by atoms with Gasteiger partial charge in [-0.05, 0) is 49.2 Å². The highest BCUT2D eigenvalue weighted by molar-refractivity contribution is 5.94. The second-order valence-corrected chi connectivity index (χ2v) is 8.93. The first-order valence-corrected chi connectivity index (χ1v) is 12.0. The van der Waals surface area contributed by atoms with Crippen molar-refractivity contribution in [2.24, 2.45) is 0 Å². The van der Waals surface area contributed by atoms with Gasteiger partial charge in [0.1, 0.15) is 0 Å². The van der Waals surface area contributed by atoms with Crippen LogP contribution in [-0.4, -0.2) is 28.7 Å². The number of fused-ring (bicyclic) bond motifs is 1. The van der Waals surface area contributed by atoms with Crippen LogP contribution in [0.3, 0.4) is 0 Å². The van der Waals surface area contributed by atoms with Gasteiger partial charge >= 0.3 is 0 Å². The van der Waals surface area contributed by atoms with Crippen molar-refractivity contribution in [3.63, 3.8) is 0 Å². The van der Waals surface area contributed by atoms with E-state index in [2.05, 4.69) is 10.5 Å². The predicted octanol–water partition coefficient (Wildman–Crippen LogP) is 5.05. The average Bonchev–Trinajstić information content (AvgIpc) is 3.60. The van der Waals surface area contributed by atoms with Gasteiger partial charge in [-0.3, -0.25) is 9.59 Å². The van der Waals surface area contributed by atoms with Gasteiger partial charge in [-0.15, -0.1) is 0 Å². The molecule has 5 rings (SSSR count). The number of ether oxygens (including phenoxy) is 2. The zero-order valence-electron chi connectivity index (χ0n) is 20.6. The summed E-state index contributed by atoms with van der Waals surface area (Å²) in [5, 5.41) is 6.78. The van der Waals surface area contributed by atoms with Gasteiger partial charge in [-0.1, -0.05) is 59.3 Å². The minimum atomic E-state index is -0.375. The zero-order chi connectivity index (χ0) is 25.8. The maximum atomic E-state index is 13.5. The SMILES string of the molecule is Cc1ccc(C(=O)N(Cc2cc(C(=O)NCc3ccc4c(c3)OCO4)no2)C(C)c2ccccc2)cc1. The topological polar surface area (TPSA) is 93.9 Å². The Hall–Kier alpha value is -4.59. The van der Waals surface area contributed by atoms with Crippen molar-refractivity contribution < 1.29 is 23.6 Å². The van der Waals surface area contributed by atoms with Crippen LogP contribution >= 0.6 is 0 Å². The lowest BCUT2D eigenvalue weighted by atomic mass is 10.0. The van der Waals surface area contributed by atoms with Gasteiger partial charge in [0.2, 0.25) is 6.79 Å². The third-order valence-electron chi connectivity index (χ3n) is 6.32. The van der Waals surface area contributed by atoms with Gasteiger partial charge in [0.05, 0.1) is 12.6 Å². The number of benzene rings is 3. The first-order chi connectivity index (χ1) is 18.0. The Bertz CT molecular complexity index is 1400. The van der Waals surface area contributed by atoms with Crippen LogP contribution in [0.5, 0.6) is 11.5 Å². The summed E-state index contributed by atoms with van der Waals surface area (Å²) >= 11 is 0. The molecular weight excluding hydrogens is 470 g/mol. The number of aromatic nitrogens is 1. The summed E-state index contributed by atoms with van der Waals surface area (Å²) in [6.07, 6.45) is 0. The van der Waals surface area contributed by atoms with E-state index < -0.39 is 0 Å². The van der Waals surface area contributed by atoms with E-state index in [1.807, 2.05) is 86.6 Å². The van der Waals surface area contributed by atoms with Gasteiger partial charge < -0.3 is 24.2 Å². The molecule has 1 N–H and O–H groups in total. The van der Waals surface area contributed by atoms with Gasteiger partial charge in [0.15, 0.2) is 23.0 Å². The largest absolute Gasteiger partial charge is 0.454 e. The molecule has 0 saturated heterocycles. The second-order valence-electron chi connectivity index (χ2n) is 8.93. The Morgan fingerprint density at radius 1 is 0.973 bits per heavy atom. The van der Waals surface area contributed by atoms with E-state index >= 15 is 0 Å². The molecule has 8 nitrogen and oxygen atoms in total. The molecule has 0 aliphatic carbocycles. The number of aryl methyl sites for hydroxylation is 1. The quantitative estimate of drug-likeness (QED) is 0.366. The minimum absolute atomic E-state index is 0.137. The Balaban J connectivity index is 1.30. The summed E-state index contributed by atoms with van der Waals surface area (Å²) in [4.78, 5) is 28.0. The molecule has 0 bridgehead atoms. The number of nitrogens with zero attached hydrogens (tertiary/aromatic N) is 2. The van der Waals surface area contributed by atoms with E-state index in [4.69, 9.17) is 14.0 Å². The van der Waals surface area contributed by atoms with Crippen molar-refractivity contribution in [2.45, 2.75) is 33.0 Å². The molecule has 1 atom stereocenters. The fraction of sp³-hybridized carbons (Fsp3) is 0.207. The molecule has 1 unspecified atom stereocenters. The first-order valence-electron chi connectivity index (χ1n) is 12.0. The van der Waals surface area contributed by atoms with E-state index in [9.17, 15) is 9.59 Å². The number of hydrogen-bond acceptors (Lipinski definition) is 6. The van der Waals surface area contributed by atoms with Crippen LogP contribution in [0.25, 0.3) is 0 Å². The van der Waals surface area contributed by atoms with Crippen LogP contribution in [0, 0.1) is 6.92 Å². The van der Waals surface area contributed by atoms with E-state index in [0.717, 1.165) is 16.7 Å². The summed E-state index contributed by atoms with van der Waals surface area (Å²) in [7, 11) is 0. The number of nitrogens with one attached hydrogen (secondary N) is 1. The van der Waals surface area contributed by atoms with Crippen LogP contribution in [0.1, 0.15) is 56.3 Å². The first kappa shape index (κ1) is 24.1. The number of rotatable bonds is 8. The molecular formula is C29H27N3O5. The Morgan fingerprint density at radius 2 is 1.73 bits per heavy atom. The predicted molar refractivity (Wildman–Crippen MR) is 136 cm³/mol. The molecule has 188 valence electrons. The molecule has 0 spiro atoms. The fourth-order valence-electron chi connectivity index (χ4n) is 4.14. The van der Waals surface area contributed by atoms with Crippen LogP contribution in [0.2, 0.25) is 0 Å². The fourth-order valence-corrected chi connectivity index (χ4v) is 4.14. The molecule has 0 saturated carbocycles. The van der Waals surface area contributed by atoms with Gasteiger partial charge in [0, 0.05) is 18.2 Å². The number of carbonyl (C=O) groups is 2. The smallest absolute Gasteiger partial charge is 0.273 e. The van der Waals surface area contributed by atoms with Crippen molar-refractivity contribution in [3.05, 3.63) is 113 Å². The number of carbonyl (C=O) groups excluding carboxylic acids is 2. The van der Waals surface area contributed by atoms with Crippen LogP contribution in [0.4, 0.5) is 0 Å². The summed E-state index contributed by atoms with van der Waals surface area (Å²) in [5.74, 6) is 1.24. The molecule has 1 aromatic heterocycles. The van der Waals surface area contributed by atoms with Crippen LogP contribution in [0.15, 0.2) is 83.4 Å². The third kappa shape index (κ3) is 5.48. The van der Waals surface area contributed by atoms with E-state index in [0.29, 0.717) is 29.4 Å². The highest BCUT2D eigenvalue weighted by atomic mass is 16.7. The maximum Gasteiger partial charge on any atom is 0.273 e. The Morgan fingerprint density at radius 3 is 2.51 bits per heavy atom. The lowest BCUT2D eigenvalue weighted by Crippen LogP contribution is -2.33. The van der Waals surface area contributed by atoms with Crippen molar-refractivity contribution in [1.29, 1.82) is 0 Å². The lowest BCUT2D eigenvalue weighted by molar-refractivity contribution is 0.0653. The highest BCUT2D eigenvalue weighted by Gasteiger charge is 2.25. The highest BCUT2D eigenvalue weighted by Crippen LogP contribution is 2.32. The Kier molecular flexibility index (Phi) is 6.89. The molecule has 2 heterocycles. The van der Waals surface area contributed by atoms with Gasteiger partial charge in [0.25, 0.3) is 11.8 Å². The molecule has 8 heteroatoms. The van der Waals surface area contributed by atoms with E-state index in [1.54, 1.807) is 11.0 Å². The van der Waals surface area contributed by atoms with E-state index in [1.165, 1.54) is 0 Å². The number of hydrogen-bond donors (Lipinski definition) is 1. The standard InChI is InChI=1S/C29H27N3O5/c1-19-8-11-23(12-9-19)29(34)32(20(2)22-6-4-3-5-7-22)17-24-15-25(31-37-24)28(33)30-16-21-10-13-26-27(14-21)36-18-35-26/h3-15,20H,16-18H2,1-2H3,(H,30,33). The van der Waals surface area contributed by atoms with Crippen molar-refractivity contribution in [2.75, 3.05) is 6.79 Å². The van der Waals surface area contributed by atoms with Crippen LogP contribution in [-0.2, 0) is 13.1 Å². The lowest BCUT2D eigenvalue weighted by Gasteiger charge is -2.29. The minimum Gasteiger partial charge on any atom is -0.454 e. The average molecular weight is 498 g/mol. The summed E-state index contributed by atoms with van der Waals surface area (Å²) in [5.41, 5.74) is 3.66. The summed E-state index contributed by atoms with van der Waals surface area (Å²) in [6, 6.07) is 24.1. The van der Waals surface area contributed by atoms with Gasteiger partial charge in [-0.2, -0.15) is 0 Å². The molecule has 1 aliphatic heterocycles. The second kappa shape index (κ2) is 10.6. The normalized spacial score (nSPS) is 12.7. The number of amides is 2. The third-order valence-corrected chi connectivity index (χ3v) is 6.32. The summed E-state index contributed by atoms with van der Waals surface area (Å²) in [6.45, 7) is 4.59. The van der Waals surface area contributed by atoms with Crippen molar-refractivity contribution in [1.82, 2.24) is 15.4 Å². The molecule has 0 fully saturated rings. The van der Waals surface area contributed by atoms with E-state index in [-0.39, 0.29) is 36.9 Å². The molecule has 1 aliphatic rings. The molecule has 0 radical (unpaired) electrons.